The lowest BCUT2D eigenvalue weighted by molar-refractivity contribution is -0.133. The van der Waals surface area contributed by atoms with Crippen LogP contribution in [-0.2, 0) is 9.53 Å². The summed E-state index contributed by atoms with van der Waals surface area (Å²) in [5, 5.41) is 16.6. The van der Waals surface area contributed by atoms with Crippen LogP contribution >= 0.6 is 0 Å². The lowest BCUT2D eigenvalue weighted by atomic mass is 10.0. The first kappa shape index (κ1) is 32.0. The molecule has 9 nitrogen and oxygen atoms in total. The van der Waals surface area contributed by atoms with Gasteiger partial charge in [0.05, 0.1) is 12.1 Å². The molecule has 41 heavy (non-hydrogen) atoms. The summed E-state index contributed by atoms with van der Waals surface area (Å²) >= 11 is 0. The summed E-state index contributed by atoms with van der Waals surface area (Å²) in [6.07, 6.45) is 0.823. The number of nitrogens with one attached hydrogen (secondary N) is 2. The van der Waals surface area contributed by atoms with Crippen LogP contribution in [-0.4, -0.2) is 78.8 Å². The van der Waals surface area contributed by atoms with E-state index in [0.717, 1.165) is 37.8 Å². The number of rotatable bonds is 16. The number of halogens is 2. The molecule has 3 atom stereocenters. The van der Waals surface area contributed by atoms with E-state index in [1.165, 1.54) is 19.2 Å². The van der Waals surface area contributed by atoms with Crippen LogP contribution in [0.25, 0.3) is 0 Å². The van der Waals surface area contributed by atoms with Crippen molar-refractivity contribution in [2.75, 3.05) is 26.8 Å². The third-order valence-corrected chi connectivity index (χ3v) is 6.65. The quantitative estimate of drug-likeness (QED) is 0.282. The SMILES string of the molecule is CCCN(CCC)C(=O)c1cccc(C(=O)N[C@@H](COc2cc(F)cc(F)c2)[C@@H](O)C[C@@H](OC)C(=O)NC2CC2)c1. The second kappa shape index (κ2) is 15.4. The number of hydrogen-bond acceptors (Lipinski definition) is 6. The minimum Gasteiger partial charge on any atom is -0.491 e. The van der Waals surface area contributed by atoms with Gasteiger partial charge < -0.3 is 30.1 Å². The maximum atomic E-state index is 13.7. The van der Waals surface area contributed by atoms with Gasteiger partial charge in [0, 0.05) is 62.0 Å². The summed E-state index contributed by atoms with van der Waals surface area (Å²) in [5.41, 5.74) is 0.520. The molecule has 3 rings (SSSR count). The molecule has 0 radical (unpaired) electrons. The highest BCUT2D eigenvalue weighted by Gasteiger charge is 2.32. The highest BCUT2D eigenvalue weighted by molar-refractivity contribution is 5.99. The molecule has 0 aromatic heterocycles. The Morgan fingerprint density at radius 2 is 1.66 bits per heavy atom. The van der Waals surface area contributed by atoms with Gasteiger partial charge in [-0.25, -0.2) is 8.78 Å². The number of methoxy groups -OCH3 is 1. The van der Waals surface area contributed by atoms with Gasteiger partial charge >= 0.3 is 0 Å². The van der Waals surface area contributed by atoms with Gasteiger partial charge in [0.2, 0.25) is 5.91 Å². The van der Waals surface area contributed by atoms with Crippen LogP contribution in [0.3, 0.4) is 0 Å². The molecule has 1 aliphatic carbocycles. The van der Waals surface area contributed by atoms with Crippen molar-refractivity contribution in [1.29, 1.82) is 0 Å². The van der Waals surface area contributed by atoms with Crippen LogP contribution in [0.2, 0.25) is 0 Å². The summed E-state index contributed by atoms with van der Waals surface area (Å²) in [6.45, 7) is 4.77. The zero-order valence-electron chi connectivity index (χ0n) is 23.7. The Morgan fingerprint density at radius 3 is 2.24 bits per heavy atom. The number of ether oxygens (including phenoxy) is 2. The smallest absolute Gasteiger partial charge is 0.253 e. The summed E-state index contributed by atoms with van der Waals surface area (Å²) in [7, 11) is 1.34. The first-order valence-corrected chi connectivity index (χ1v) is 13.9. The van der Waals surface area contributed by atoms with E-state index in [-0.39, 0.29) is 42.2 Å². The molecule has 0 bridgehead atoms. The van der Waals surface area contributed by atoms with Gasteiger partial charge in [-0.1, -0.05) is 19.9 Å². The van der Waals surface area contributed by atoms with Gasteiger partial charge in [0.1, 0.15) is 30.1 Å². The maximum Gasteiger partial charge on any atom is 0.253 e. The van der Waals surface area contributed by atoms with Crippen molar-refractivity contribution in [3.05, 3.63) is 65.2 Å². The lowest BCUT2D eigenvalue weighted by Gasteiger charge is -2.27. The first-order chi connectivity index (χ1) is 19.6. The predicted molar refractivity (Wildman–Crippen MR) is 149 cm³/mol. The van der Waals surface area contributed by atoms with Gasteiger partial charge in [-0.05, 0) is 43.9 Å². The van der Waals surface area contributed by atoms with Crippen LogP contribution in [0.4, 0.5) is 8.78 Å². The van der Waals surface area contributed by atoms with Crippen LogP contribution in [0.1, 0.15) is 66.7 Å². The first-order valence-electron chi connectivity index (χ1n) is 13.9. The van der Waals surface area contributed by atoms with Crippen LogP contribution < -0.4 is 15.4 Å². The van der Waals surface area contributed by atoms with Crippen molar-refractivity contribution >= 4 is 17.7 Å². The predicted octanol–water partition coefficient (Wildman–Crippen LogP) is 3.45. The van der Waals surface area contributed by atoms with Gasteiger partial charge in [0.15, 0.2) is 0 Å². The fraction of sp³-hybridized carbons (Fsp3) is 0.500. The standard InChI is InChI=1S/C30H39F2N3O6/c1-4-11-35(12-5-2)30(39)20-8-6-7-19(13-20)28(37)34-25(18-41-24-15-21(31)14-22(32)16-24)26(36)17-27(40-3)29(38)33-23-9-10-23/h6-8,13-16,23,25-27,36H,4-5,9-12,17-18H2,1-3H3,(H,33,38)(H,34,37)/t25-,26-,27+/m0/s1. The number of nitrogens with zero attached hydrogens (tertiary/aromatic N) is 1. The van der Waals surface area contributed by atoms with E-state index in [1.54, 1.807) is 17.0 Å². The molecular formula is C30H39F2N3O6. The van der Waals surface area contributed by atoms with Gasteiger partial charge in [-0.3, -0.25) is 14.4 Å². The minimum absolute atomic E-state index is 0.0829. The number of carbonyl (C=O) groups is 3. The van der Waals surface area contributed by atoms with Crippen LogP contribution in [0.5, 0.6) is 5.75 Å². The van der Waals surface area contributed by atoms with E-state index in [0.29, 0.717) is 24.7 Å². The van der Waals surface area contributed by atoms with Crippen molar-refractivity contribution in [2.24, 2.45) is 0 Å². The molecule has 1 saturated carbocycles. The number of hydrogen-bond donors (Lipinski definition) is 3. The van der Waals surface area contributed by atoms with Gasteiger partial charge in [-0.2, -0.15) is 0 Å². The van der Waals surface area contributed by atoms with Crippen molar-refractivity contribution < 1.29 is 37.7 Å². The van der Waals surface area contributed by atoms with Crippen molar-refractivity contribution in [1.82, 2.24) is 15.5 Å². The Morgan fingerprint density at radius 1 is 1.02 bits per heavy atom. The van der Waals surface area contributed by atoms with E-state index in [1.807, 2.05) is 13.8 Å². The number of aliphatic hydroxyl groups excluding tert-OH is 1. The molecule has 0 aliphatic heterocycles. The fourth-order valence-corrected chi connectivity index (χ4v) is 4.34. The summed E-state index contributed by atoms with van der Waals surface area (Å²) in [5.74, 6) is -3.02. The fourth-order valence-electron chi connectivity index (χ4n) is 4.34. The highest BCUT2D eigenvalue weighted by Crippen LogP contribution is 2.20. The van der Waals surface area contributed by atoms with E-state index in [4.69, 9.17) is 9.47 Å². The molecule has 2 aromatic rings. The third-order valence-electron chi connectivity index (χ3n) is 6.65. The molecule has 3 N–H and O–H groups in total. The van der Waals surface area contributed by atoms with Crippen LogP contribution in [0, 0.1) is 11.6 Å². The van der Waals surface area contributed by atoms with Crippen molar-refractivity contribution in [3.63, 3.8) is 0 Å². The third kappa shape index (κ3) is 9.79. The maximum absolute atomic E-state index is 13.7. The molecule has 1 aliphatic rings. The Bertz CT molecular complexity index is 1170. The van der Waals surface area contributed by atoms with Crippen molar-refractivity contribution in [3.8, 4) is 5.75 Å². The molecule has 224 valence electrons. The number of carbonyl (C=O) groups excluding carboxylic acids is 3. The Kier molecular flexibility index (Phi) is 12.0. The van der Waals surface area contributed by atoms with E-state index >= 15 is 0 Å². The lowest BCUT2D eigenvalue weighted by Crippen LogP contribution is -2.50. The molecule has 0 unspecified atom stereocenters. The van der Waals surface area contributed by atoms with Gasteiger partial charge in [-0.15, -0.1) is 0 Å². The Balaban J connectivity index is 1.77. The molecule has 2 aromatic carbocycles. The summed E-state index contributed by atoms with van der Waals surface area (Å²) in [4.78, 5) is 40.6. The molecule has 0 saturated heterocycles. The van der Waals surface area contributed by atoms with E-state index < -0.39 is 35.8 Å². The molecule has 11 heteroatoms. The summed E-state index contributed by atoms with van der Waals surface area (Å²) < 4.78 is 38.2. The number of benzene rings is 2. The molecular weight excluding hydrogens is 536 g/mol. The summed E-state index contributed by atoms with van der Waals surface area (Å²) in [6, 6.07) is 7.86. The second-order valence-electron chi connectivity index (χ2n) is 10.2. The second-order valence-corrected chi connectivity index (χ2v) is 10.2. The zero-order chi connectivity index (χ0) is 29.9. The van der Waals surface area contributed by atoms with E-state index in [2.05, 4.69) is 10.6 Å². The Hall–Kier alpha value is -3.57. The molecule has 1 fully saturated rings. The topological polar surface area (TPSA) is 117 Å². The highest BCUT2D eigenvalue weighted by atomic mass is 19.1. The number of amides is 3. The normalized spacial score (nSPS) is 15.0. The van der Waals surface area contributed by atoms with Crippen LogP contribution in [0.15, 0.2) is 42.5 Å². The largest absolute Gasteiger partial charge is 0.491 e. The van der Waals surface area contributed by atoms with Gasteiger partial charge in [0.25, 0.3) is 11.8 Å². The molecule has 3 amide bonds. The molecule has 0 spiro atoms. The zero-order valence-corrected chi connectivity index (χ0v) is 23.7. The minimum atomic E-state index is -1.33. The monoisotopic (exact) mass is 575 g/mol. The molecule has 0 heterocycles. The van der Waals surface area contributed by atoms with E-state index in [9.17, 15) is 28.3 Å². The average molecular weight is 576 g/mol. The number of aliphatic hydroxyl groups is 1. The van der Waals surface area contributed by atoms with Crippen molar-refractivity contribution in [2.45, 2.75) is 70.2 Å². The average Bonchev–Trinajstić information content (AvgIpc) is 3.76. The Labute approximate surface area is 239 Å².